The molecule has 4 nitrogen and oxygen atoms in total. The van der Waals surface area contributed by atoms with E-state index in [1.54, 1.807) is 4.90 Å². The minimum absolute atomic E-state index is 0.289. The van der Waals surface area contributed by atoms with Crippen LogP contribution in [0.2, 0.25) is 0 Å². The molecular formula is C14H17NO3. The molecule has 0 unspecified atom stereocenters. The van der Waals surface area contributed by atoms with Gasteiger partial charge in [-0.2, -0.15) is 0 Å². The average Bonchev–Trinajstić information content (AvgIpc) is 3.11. The number of hydrogen-bond acceptors (Lipinski definition) is 2. The van der Waals surface area contributed by atoms with E-state index >= 15 is 0 Å². The molecule has 0 spiro atoms. The Labute approximate surface area is 106 Å². The topological polar surface area (TPSA) is 57.6 Å². The predicted molar refractivity (Wildman–Crippen MR) is 68.5 cm³/mol. The molecule has 1 aliphatic carbocycles. The minimum Gasteiger partial charge on any atom is -0.480 e. The van der Waals surface area contributed by atoms with E-state index in [4.69, 9.17) is 0 Å². The number of benzene rings is 1. The number of rotatable bonds is 4. The lowest BCUT2D eigenvalue weighted by molar-refractivity contribution is -0.148. The van der Waals surface area contributed by atoms with Crippen LogP contribution in [-0.2, 0) is 9.59 Å². The molecule has 1 N–H and O–H groups in total. The van der Waals surface area contributed by atoms with E-state index in [-0.39, 0.29) is 5.91 Å². The summed E-state index contributed by atoms with van der Waals surface area (Å²) >= 11 is 0. The number of amides is 1. The van der Waals surface area contributed by atoms with Crippen LogP contribution < -0.4 is 4.90 Å². The lowest BCUT2D eigenvalue weighted by Crippen LogP contribution is -2.41. The van der Waals surface area contributed by atoms with Crippen molar-refractivity contribution in [3.05, 3.63) is 29.8 Å². The highest BCUT2D eigenvalue weighted by Crippen LogP contribution is 2.48. The number of carbonyl (C=O) groups is 2. The van der Waals surface area contributed by atoms with Gasteiger partial charge in [0.05, 0.1) is 0 Å². The Bertz CT molecular complexity index is 492. The van der Waals surface area contributed by atoms with Crippen LogP contribution in [0.1, 0.15) is 25.3 Å². The normalized spacial score (nSPS) is 16.1. The van der Waals surface area contributed by atoms with Gasteiger partial charge in [0, 0.05) is 12.2 Å². The smallest absolute Gasteiger partial charge is 0.319 e. The molecule has 1 amide bonds. The van der Waals surface area contributed by atoms with Crippen LogP contribution >= 0.6 is 0 Å². The van der Waals surface area contributed by atoms with Crippen LogP contribution in [0, 0.1) is 12.3 Å². The Morgan fingerprint density at radius 1 is 1.39 bits per heavy atom. The Morgan fingerprint density at radius 3 is 2.50 bits per heavy atom. The Kier molecular flexibility index (Phi) is 3.11. The maximum atomic E-state index is 12.4. The van der Waals surface area contributed by atoms with Crippen LogP contribution in [0.4, 0.5) is 5.69 Å². The minimum atomic E-state index is -1.17. The third-order valence-corrected chi connectivity index (χ3v) is 3.44. The number of hydrogen-bond donors (Lipinski definition) is 1. The summed E-state index contributed by atoms with van der Waals surface area (Å²) in [5, 5.41) is 9.17. The molecule has 0 radical (unpaired) electrons. The van der Waals surface area contributed by atoms with Crippen molar-refractivity contribution in [3.8, 4) is 0 Å². The first-order valence-electron chi connectivity index (χ1n) is 6.13. The molecule has 1 saturated carbocycles. The van der Waals surface area contributed by atoms with Crippen molar-refractivity contribution in [3.63, 3.8) is 0 Å². The van der Waals surface area contributed by atoms with E-state index in [9.17, 15) is 14.7 Å². The summed E-state index contributed by atoms with van der Waals surface area (Å²) < 4.78 is 0. The molecule has 1 aliphatic rings. The van der Waals surface area contributed by atoms with Gasteiger partial charge in [-0.15, -0.1) is 0 Å². The molecule has 0 heterocycles. The van der Waals surface area contributed by atoms with E-state index < -0.39 is 11.4 Å². The zero-order valence-corrected chi connectivity index (χ0v) is 10.6. The number of nitrogens with zero attached hydrogens (tertiary/aromatic N) is 1. The first-order chi connectivity index (χ1) is 8.51. The molecule has 0 aromatic heterocycles. The van der Waals surface area contributed by atoms with Crippen LogP contribution in [0.3, 0.4) is 0 Å². The molecule has 18 heavy (non-hydrogen) atoms. The summed E-state index contributed by atoms with van der Waals surface area (Å²) in [5.41, 5.74) is 0.661. The van der Waals surface area contributed by atoms with Crippen LogP contribution in [-0.4, -0.2) is 23.5 Å². The second-order valence-electron chi connectivity index (χ2n) is 4.78. The van der Waals surface area contributed by atoms with Gasteiger partial charge in [0.25, 0.3) is 0 Å². The predicted octanol–water partition coefficient (Wildman–Crippen LogP) is 2.21. The average molecular weight is 247 g/mol. The lowest BCUT2D eigenvalue weighted by atomic mass is 10.0. The monoisotopic (exact) mass is 247 g/mol. The fourth-order valence-electron chi connectivity index (χ4n) is 2.14. The zero-order valence-electron chi connectivity index (χ0n) is 10.6. The highest BCUT2D eigenvalue weighted by molar-refractivity contribution is 6.11. The first kappa shape index (κ1) is 12.6. The van der Waals surface area contributed by atoms with Gasteiger partial charge in [-0.3, -0.25) is 9.59 Å². The molecule has 4 heteroatoms. The quantitative estimate of drug-likeness (QED) is 0.830. The van der Waals surface area contributed by atoms with Gasteiger partial charge < -0.3 is 10.0 Å². The van der Waals surface area contributed by atoms with Crippen LogP contribution in [0.25, 0.3) is 0 Å². The van der Waals surface area contributed by atoms with Gasteiger partial charge in [0.15, 0.2) is 0 Å². The van der Waals surface area contributed by atoms with Gasteiger partial charge in [0.2, 0.25) is 5.91 Å². The summed E-state index contributed by atoms with van der Waals surface area (Å²) in [5.74, 6) is -1.29. The second kappa shape index (κ2) is 4.44. The number of anilines is 1. The molecule has 1 fully saturated rings. The maximum absolute atomic E-state index is 12.4. The number of aryl methyl sites for hydroxylation is 1. The van der Waals surface area contributed by atoms with E-state index in [2.05, 4.69) is 0 Å². The van der Waals surface area contributed by atoms with Crippen molar-refractivity contribution in [2.24, 2.45) is 5.41 Å². The summed E-state index contributed by atoms with van der Waals surface area (Å²) in [6.45, 7) is 4.29. The standard InChI is InChI=1S/C14H17NO3/c1-3-15(11-6-4-5-10(2)9-11)12(16)14(7-8-14)13(17)18/h4-6,9H,3,7-8H2,1-2H3,(H,17,18). The second-order valence-corrected chi connectivity index (χ2v) is 4.78. The van der Waals surface area contributed by atoms with Crippen molar-refractivity contribution >= 4 is 17.6 Å². The number of carboxylic acids is 1. The van der Waals surface area contributed by atoms with Crippen LogP contribution in [0.5, 0.6) is 0 Å². The van der Waals surface area contributed by atoms with E-state index in [0.717, 1.165) is 11.3 Å². The van der Waals surface area contributed by atoms with Crippen molar-refractivity contribution in [2.75, 3.05) is 11.4 Å². The van der Waals surface area contributed by atoms with E-state index in [0.29, 0.717) is 19.4 Å². The molecule has 1 aromatic carbocycles. The number of carboxylic acid groups (broad SMARTS) is 1. The molecule has 0 bridgehead atoms. The Balaban J connectivity index is 2.30. The third kappa shape index (κ3) is 1.98. The van der Waals surface area contributed by atoms with Gasteiger partial charge in [-0.05, 0) is 44.4 Å². The molecule has 96 valence electrons. The third-order valence-electron chi connectivity index (χ3n) is 3.44. The molecule has 1 aromatic rings. The zero-order chi connectivity index (χ0) is 13.3. The van der Waals surface area contributed by atoms with Crippen molar-refractivity contribution < 1.29 is 14.7 Å². The molecular weight excluding hydrogens is 230 g/mol. The van der Waals surface area contributed by atoms with E-state index in [1.807, 2.05) is 38.1 Å². The first-order valence-corrected chi connectivity index (χ1v) is 6.13. The number of aliphatic carboxylic acids is 1. The largest absolute Gasteiger partial charge is 0.480 e. The Hall–Kier alpha value is -1.84. The maximum Gasteiger partial charge on any atom is 0.319 e. The van der Waals surface area contributed by atoms with Crippen molar-refractivity contribution in [2.45, 2.75) is 26.7 Å². The van der Waals surface area contributed by atoms with Crippen molar-refractivity contribution in [1.82, 2.24) is 0 Å². The summed E-state index contributed by atoms with van der Waals surface area (Å²) in [6, 6.07) is 7.57. The highest BCUT2D eigenvalue weighted by atomic mass is 16.4. The Morgan fingerprint density at radius 2 is 2.06 bits per heavy atom. The molecule has 0 saturated heterocycles. The SMILES string of the molecule is CCN(C(=O)C1(C(=O)O)CC1)c1cccc(C)c1. The lowest BCUT2D eigenvalue weighted by Gasteiger charge is -2.24. The van der Waals surface area contributed by atoms with Gasteiger partial charge in [0.1, 0.15) is 5.41 Å². The van der Waals surface area contributed by atoms with Crippen LogP contribution in [0.15, 0.2) is 24.3 Å². The summed E-state index contributed by atoms with van der Waals surface area (Å²) in [7, 11) is 0. The van der Waals surface area contributed by atoms with Gasteiger partial charge >= 0.3 is 5.97 Å². The molecule has 0 atom stereocenters. The fraction of sp³-hybridized carbons (Fsp3) is 0.429. The molecule has 0 aliphatic heterocycles. The van der Waals surface area contributed by atoms with E-state index in [1.165, 1.54) is 0 Å². The van der Waals surface area contributed by atoms with Gasteiger partial charge in [-0.25, -0.2) is 0 Å². The summed E-state index contributed by atoms with van der Waals surface area (Å²) in [4.78, 5) is 25.1. The fourth-order valence-corrected chi connectivity index (χ4v) is 2.14. The van der Waals surface area contributed by atoms with Gasteiger partial charge in [-0.1, -0.05) is 12.1 Å². The van der Waals surface area contributed by atoms with Crippen molar-refractivity contribution in [1.29, 1.82) is 0 Å². The molecule has 2 rings (SSSR count). The summed E-state index contributed by atoms with van der Waals surface area (Å²) in [6.07, 6.45) is 0.896. The highest BCUT2D eigenvalue weighted by Gasteiger charge is 2.58. The number of carbonyl (C=O) groups excluding carboxylic acids is 1.